The van der Waals surface area contributed by atoms with E-state index in [-0.39, 0.29) is 5.68 Å². The maximum Gasteiger partial charge on any atom is 0.208 e. The van der Waals surface area contributed by atoms with Gasteiger partial charge >= 0.3 is 0 Å². The highest BCUT2D eigenvalue weighted by molar-refractivity contribution is 6.77. The second kappa shape index (κ2) is 13.6. The van der Waals surface area contributed by atoms with Gasteiger partial charge in [-0.05, 0) is 54.5 Å². The average Bonchev–Trinajstić information content (AvgIpc) is 2.72. The standard InChI is InChI=1S/C26H36BN2O/c1-8-10-17-27-25(30)21(6)18-20(5)22(7)26(28-9-2)29-24-14-12-11-13-23(24)16-15-19(3)4/h9,11-16,19,29H,5-6,8,10,17-18H2,1-4,7H3/b16-15?,26-22+,28-9?. The fraction of sp³-hybridized carbons (Fsp3) is 0.385. The van der Waals surface area contributed by atoms with E-state index in [2.05, 4.69) is 62.5 Å². The summed E-state index contributed by atoms with van der Waals surface area (Å²) < 4.78 is 0. The van der Waals surface area contributed by atoms with Crippen molar-refractivity contribution in [1.82, 2.24) is 0 Å². The Kier molecular flexibility index (Phi) is 11.5. The van der Waals surface area contributed by atoms with E-state index in [0.29, 0.717) is 17.9 Å². The van der Waals surface area contributed by atoms with Crippen LogP contribution >= 0.6 is 0 Å². The molecule has 3 nitrogen and oxygen atoms in total. The highest BCUT2D eigenvalue weighted by Gasteiger charge is 2.13. The average molecular weight is 403 g/mol. The first kappa shape index (κ1) is 25.4. The van der Waals surface area contributed by atoms with Gasteiger partial charge in [0.15, 0.2) is 0 Å². The lowest BCUT2D eigenvalue weighted by Crippen LogP contribution is -2.12. The second-order valence-electron chi connectivity index (χ2n) is 7.77. The zero-order valence-corrected chi connectivity index (χ0v) is 19.3. The summed E-state index contributed by atoms with van der Waals surface area (Å²) in [6.45, 7) is 18.4. The van der Waals surface area contributed by atoms with Gasteiger partial charge < -0.3 is 10.1 Å². The second-order valence-corrected chi connectivity index (χ2v) is 7.77. The maximum absolute atomic E-state index is 12.3. The van der Waals surface area contributed by atoms with Gasteiger partial charge in [0.1, 0.15) is 11.5 Å². The quantitative estimate of drug-likeness (QED) is 0.126. The summed E-state index contributed by atoms with van der Waals surface area (Å²) in [7, 11) is 1.73. The Labute approximate surface area is 184 Å². The number of aliphatic imine (C=N–C) groups is 1. The van der Waals surface area contributed by atoms with E-state index in [0.717, 1.165) is 47.4 Å². The van der Waals surface area contributed by atoms with Gasteiger partial charge in [-0.1, -0.05) is 83.4 Å². The minimum absolute atomic E-state index is 0.00932. The third kappa shape index (κ3) is 8.81. The van der Waals surface area contributed by atoms with Crippen molar-refractivity contribution in [3.05, 3.63) is 71.6 Å². The van der Waals surface area contributed by atoms with Crippen LogP contribution in [0.25, 0.3) is 6.08 Å². The van der Waals surface area contributed by atoms with E-state index < -0.39 is 0 Å². The lowest BCUT2D eigenvalue weighted by molar-refractivity contribution is -0.109. The number of anilines is 1. The minimum atomic E-state index is 0.00932. The van der Waals surface area contributed by atoms with Crippen LogP contribution in [-0.4, -0.2) is 19.2 Å². The molecule has 1 aromatic carbocycles. The summed E-state index contributed by atoms with van der Waals surface area (Å²) in [5.41, 5.74) is 4.40. The first-order chi connectivity index (χ1) is 14.3. The molecule has 1 radical (unpaired) electrons. The van der Waals surface area contributed by atoms with Crippen molar-refractivity contribution in [3.63, 3.8) is 0 Å². The van der Waals surface area contributed by atoms with E-state index in [1.165, 1.54) is 0 Å². The molecule has 0 spiro atoms. The molecule has 0 aliphatic heterocycles. The van der Waals surface area contributed by atoms with Crippen LogP contribution in [0.2, 0.25) is 6.32 Å². The van der Waals surface area contributed by atoms with Crippen LogP contribution in [0.1, 0.15) is 59.4 Å². The van der Waals surface area contributed by atoms with Gasteiger partial charge in [0.2, 0.25) is 7.28 Å². The minimum Gasteiger partial charge on any atom is -0.340 e. The number of unbranched alkanes of at least 4 members (excludes halogenated alkanes) is 1. The zero-order valence-electron chi connectivity index (χ0n) is 19.3. The van der Waals surface area contributed by atoms with Crippen molar-refractivity contribution >= 4 is 30.9 Å². The van der Waals surface area contributed by atoms with Crippen LogP contribution in [0, 0.1) is 5.92 Å². The summed E-state index contributed by atoms with van der Waals surface area (Å²) in [5, 5.41) is 3.44. The number of hydrogen-bond donors (Lipinski definition) is 1. The Morgan fingerprint density at radius 3 is 2.57 bits per heavy atom. The van der Waals surface area contributed by atoms with Crippen LogP contribution in [0.4, 0.5) is 5.69 Å². The zero-order chi connectivity index (χ0) is 22.5. The van der Waals surface area contributed by atoms with E-state index >= 15 is 0 Å². The number of para-hydroxylation sites is 1. The molecule has 1 aromatic rings. The summed E-state index contributed by atoms with van der Waals surface area (Å²) >= 11 is 0. The van der Waals surface area contributed by atoms with Gasteiger partial charge in [-0.2, -0.15) is 0 Å². The lowest BCUT2D eigenvalue weighted by Gasteiger charge is -2.15. The number of nitrogens with zero attached hydrogens (tertiary/aromatic N) is 1. The molecule has 0 aromatic heterocycles. The van der Waals surface area contributed by atoms with E-state index in [4.69, 9.17) is 0 Å². The molecule has 159 valence electrons. The number of carbonyl (C=O) groups is 1. The van der Waals surface area contributed by atoms with E-state index in [9.17, 15) is 4.79 Å². The van der Waals surface area contributed by atoms with Crippen molar-refractivity contribution in [2.24, 2.45) is 10.9 Å². The van der Waals surface area contributed by atoms with Crippen LogP contribution in [0.3, 0.4) is 0 Å². The molecule has 1 rings (SSSR count). The van der Waals surface area contributed by atoms with Crippen LogP contribution in [0.15, 0.2) is 71.0 Å². The number of allylic oxidation sites excluding steroid dienone is 4. The third-order valence-corrected chi connectivity index (χ3v) is 4.68. The Morgan fingerprint density at radius 1 is 1.23 bits per heavy atom. The maximum atomic E-state index is 12.3. The van der Waals surface area contributed by atoms with Gasteiger partial charge in [0.05, 0.1) is 0 Å². The van der Waals surface area contributed by atoms with Gasteiger partial charge in [-0.3, -0.25) is 0 Å². The fourth-order valence-electron chi connectivity index (χ4n) is 2.76. The number of benzene rings is 1. The van der Waals surface area contributed by atoms with Gasteiger partial charge in [-0.15, -0.1) is 0 Å². The molecular weight excluding hydrogens is 367 g/mol. The van der Waals surface area contributed by atoms with Crippen molar-refractivity contribution in [2.45, 2.75) is 60.2 Å². The highest BCUT2D eigenvalue weighted by Crippen LogP contribution is 2.25. The molecule has 4 heteroatoms. The number of nitrogens with one attached hydrogen (secondary N) is 1. The molecular formula is C26H36BN2O. The molecule has 0 amide bonds. The summed E-state index contributed by atoms with van der Waals surface area (Å²) in [6, 6.07) is 8.13. The summed E-state index contributed by atoms with van der Waals surface area (Å²) in [4.78, 5) is 16.8. The van der Waals surface area contributed by atoms with Crippen LogP contribution in [0.5, 0.6) is 0 Å². The first-order valence-electron chi connectivity index (χ1n) is 10.8. The van der Waals surface area contributed by atoms with Crippen LogP contribution < -0.4 is 5.32 Å². The molecule has 1 N–H and O–H groups in total. The van der Waals surface area contributed by atoms with Gasteiger partial charge in [0, 0.05) is 11.9 Å². The summed E-state index contributed by atoms with van der Waals surface area (Å²) in [5.74, 6) is 1.20. The third-order valence-electron chi connectivity index (χ3n) is 4.68. The van der Waals surface area contributed by atoms with E-state index in [1.807, 2.05) is 32.0 Å². The normalized spacial score (nSPS) is 12.3. The predicted molar refractivity (Wildman–Crippen MR) is 134 cm³/mol. The molecule has 30 heavy (non-hydrogen) atoms. The molecule has 0 aliphatic rings. The predicted octanol–water partition coefficient (Wildman–Crippen LogP) is 7.04. The van der Waals surface area contributed by atoms with Crippen molar-refractivity contribution in [1.29, 1.82) is 0 Å². The SMILES string of the molecule is C=C(CC(=C)/C(C)=C(\N=CC)Nc1ccccc1C=CC(C)C)C(=O)[B]CCCC. The number of hydrogen-bond acceptors (Lipinski definition) is 3. The fourth-order valence-corrected chi connectivity index (χ4v) is 2.76. The Morgan fingerprint density at radius 2 is 1.93 bits per heavy atom. The Balaban J connectivity index is 3.01. The van der Waals surface area contributed by atoms with E-state index in [1.54, 1.807) is 13.5 Å². The molecule has 0 bridgehead atoms. The molecule has 0 heterocycles. The lowest BCUT2D eigenvalue weighted by atomic mass is 9.65. The number of rotatable bonds is 13. The summed E-state index contributed by atoms with van der Waals surface area (Å²) in [6.07, 6.45) is 9.37. The smallest absolute Gasteiger partial charge is 0.208 e. The molecule has 0 saturated carbocycles. The first-order valence-corrected chi connectivity index (χ1v) is 10.8. The Hall–Kier alpha value is -2.62. The molecule has 0 atom stereocenters. The van der Waals surface area contributed by atoms with Gasteiger partial charge in [-0.25, -0.2) is 4.99 Å². The van der Waals surface area contributed by atoms with Crippen LogP contribution in [-0.2, 0) is 4.79 Å². The monoisotopic (exact) mass is 403 g/mol. The topological polar surface area (TPSA) is 41.5 Å². The number of carbonyl (C=O) groups excluding carboxylic acids is 1. The largest absolute Gasteiger partial charge is 0.340 e. The van der Waals surface area contributed by atoms with Gasteiger partial charge in [0.25, 0.3) is 0 Å². The molecule has 0 unspecified atom stereocenters. The molecule has 0 fully saturated rings. The van der Waals surface area contributed by atoms with Crippen molar-refractivity contribution < 1.29 is 4.79 Å². The highest BCUT2D eigenvalue weighted by atomic mass is 16.1. The molecule has 0 aliphatic carbocycles. The van der Waals surface area contributed by atoms with Crippen molar-refractivity contribution in [2.75, 3.05) is 5.32 Å². The van der Waals surface area contributed by atoms with Crippen molar-refractivity contribution in [3.8, 4) is 0 Å². The Bertz CT molecular complexity index is 831. The molecule has 0 saturated heterocycles.